The number of benzene rings is 2. The van der Waals surface area contributed by atoms with Crippen molar-refractivity contribution in [3.63, 3.8) is 0 Å². The Balaban J connectivity index is 0.00000127. The second-order valence-corrected chi connectivity index (χ2v) is 4.98. The first kappa shape index (κ1) is 18.9. The molecule has 0 amide bonds. The van der Waals surface area contributed by atoms with Crippen LogP contribution in [0, 0.1) is 5.92 Å². The van der Waals surface area contributed by atoms with Gasteiger partial charge in [0.1, 0.15) is 0 Å². The molecule has 2 nitrogen and oxygen atoms in total. The summed E-state index contributed by atoms with van der Waals surface area (Å²) in [6.07, 6.45) is 7.60. The zero-order valence-corrected chi connectivity index (χ0v) is 14.5. The van der Waals surface area contributed by atoms with Crippen LogP contribution in [0.3, 0.4) is 0 Å². The molecule has 2 rings (SSSR count). The van der Waals surface area contributed by atoms with Crippen LogP contribution in [0.1, 0.15) is 31.1 Å². The van der Waals surface area contributed by atoms with E-state index in [1.165, 1.54) is 0 Å². The van der Waals surface area contributed by atoms with Crippen molar-refractivity contribution >= 4 is 16.6 Å². The van der Waals surface area contributed by atoms with Gasteiger partial charge in [-0.1, -0.05) is 81.5 Å². The van der Waals surface area contributed by atoms with E-state index >= 15 is 0 Å². The van der Waals surface area contributed by atoms with E-state index in [1.54, 1.807) is 7.11 Å². The maximum absolute atomic E-state index is 12.4. The third-order valence-electron chi connectivity index (χ3n) is 3.36. The van der Waals surface area contributed by atoms with Gasteiger partial charge in [0.25, 0.3) is 0 Å². The van der Waals surface area contributed by atoms with Crippen molar-refractivity contribution in [2.45, 2.75) is 20.8 Å². The van der Waals surface area contributed by atoms with Gasteiger partial charge in [0, 0.05) is 18.6 Å². The van der Waals surface area contributed by atoms with Crippen molar-refractivity contribution in [2.75, 3.05) is 13.7 Å². The van der Waals surface area contributed by atoms with Crippen molar-refractivity contribution < 1.29 is 9.53 Å². The minimum atomic E-state index is -0.140. The summed E-state index contributed by atoms with van der Waals surface area (Å²) in [5.74, 6) is -0.00417. The summed E-state index contributed by atoms with van der Waals surface area (Å²) in [6.45, 7) is 6.50. The molecule has 2 heteroatoms. The van der Waals surface area contributed by atoms with Crippen LogP contribution < -0.4 is 0 Å². The quantitative estimate of drug-likeness (QED) is 0.524. The molecule has 0 aliphatic heterocycles. The zero-order valence-electron chi connectivity index (χ0n) is 14.5. The van der Waals surface area contributed by atoms with Gasteiger partial charge >= 0.3 is 0 Å². The topological polar surface area (TPSA) is 26.3 Å². The van der Waals surface area contributed by atoms with Crippen molar-refractivity contribution in [1.82, 2.24) is 0 Å². The van der Waals surface area contributed by atoms with E-state index in [1.807, 2.05) is 87.5 Å². The minimum absolute atomic E-state index is 0.136. The van der Waals surface area contributed by atoms with Crippen LogP contribution in [0.15, 0.2) is 66.8 Å². The lowest BCUT2D eigenvalue weighted by molar-refractivity contribution is 0.0953. The summed E-state index contributed by atoms with van der Waals surface area (Å²) >= 11 is 0. The van der Waals surface area contributed by atoms with Gasteiger partial charge < -0.3 is 4.74 Å². The molecule has 2 aromatic carbocycles. The Bertz CT molecular complexity index is 668. The fraction of sp³-hybridized carbons (Fsp3) is 0.286. The molecule has 1 atom stereocenters. The predicted octanol–water partition coefficient (Wildman–Crippen LogP) is 5.44. The predicted molar refractivity (Wildman–Crippen MR) is 98.9 cm³/mol. The lowest BCUT2D eigenvalue weighted by atomic mass is 9.96. The van der Waals surface area contributed by atoms with Gasteiger partial charge in [-0.25, -0.2) is 0 Å². The average Bonchev–Trinajstić information content (AvgIpc) is 2.62. The number of hydrogen-bond acceptors (Lipinski definition) is 2. The molecule has 0 heterocycles. The number of methoxy groups -OCH3 is 1. The molecule has 0 N–H and O–H groups in total. The highest BCUT2D eigenvalue weighted by atomic mass is 16.5. The molecule has 0 radical (unpaired) electrons. The Morgan fingerprint density at radius 1 is 1.09 bits per heavy atom. The normalized spacial score (nSPS) is 12.3. The second-order valence-electron chi connectivity index (χ2n) is 4.98. The Morgan fingerprint density at radius 3 is 2.48 bits per heavy atom. The molecule has 0 spiro atoms. The highest BCUT2D eigenvalue weighted by Gasteiger charge is 2.12. The Labute approximate surface area is 139 Å². The average molecular weight is 310 g/mol. The Hall–Kier alpha value is -2.19. The van der Waals surface area contributed by atoms with Crippen molar-refractivity contribution in [1.29, 1.82) is 0 Å². The van der Waals surface area contributed by atoms with Crippen molar-refractivity contribution in [3.05, 3.63) is 72.3 Å². The fourth-order valence-corrected chi connectivity index (χ4v) is 2.15. The SMILES string of the molecule is CC.COC/C=C\C=C/C(C)C(=O)c1ccc2ccccc2c1. The van der Waals surface area contributed by atoms with E-state index < -0.39 is 0 Å². The largest absolute Gasteiger partial charge is 0.381 e. The lowest BCUT2D eigenvalue weighted by Gasteiger charge is -2.06. The van der Waals surface area contributed by atoms with E-state index in [9.17, 15) is 4.79 Å². The number of rotatable bonds is 6. The number of ether oxygens (including phenoxy) is 1. The van der Waals surface area contributed by atoms with Gasteiger partial charge in [0.05, 0.1) is 6.61 Å². The number of fused-ring (bicyclic) bond motifs is 1. The maximum atomic E-state index is 12.4. The summed E-state index contributed by atoms with van der Waals surface area (Å²) in [6, 6.07) is 13.9. The number of carbonyl (C=O) groups is 1. The summed E-state index contributed by atoms with van der Waals surface area (Å²) in [7, 11) is 1.65. The lowest BCUT2D eigenvalue weighted by Crippen LogP contribution is -2.08. The number of allylic oxidation sites excluding steroid dienone is 3. The van der Waals surface area contributed by atoms with Crippen LogP contribution in [0.25, 0.3) is 10.8 Å². The summed E-state index contributed by atoms with van der Waals surface area (Å²) in [5.41, 5.74) is 0.756. The molecule has 0 aliphatic rings. The number of ketones is 1. The number of hydrogen-bond donors (Lipinski definition) is 0. The molecule has 0 aliphatic carbocycles. The summed E-state index contributed by atoms with van der Waals surface area (Å²) in [4.78, 5) is 12.4. The molecular weight excluding hydrogens is 284 g/mol. The highest BCUT2D eigenvalue weighted by Crippen LogP contribution is 2.18. The van der Waals surface area contributed by atoms with Gasteiger partial charge in [-0.05, 0) is 16.8 Å². The minimum Gasteiger partial charge on any atom is -0.381 e. The van der Waals surface area contributed by atoms with Gasteiger partial charge in [-0.3, -0.25) is 4.79 Å². The van der Waals surface area contributed by atoms with Crippen LogP contribution >= 0.6 is 0 Å². The van der Waals surface area contributed by atoms with Crippen LogP contribution in [0.2, 0.25) is 0 Å². The van der Waals surface area contributed by atoms with Gasteiger partial charge in [0.15, 0.2) is 5.78 Å². The molecule has 0 aromatic heterocycles. The van der Waals surface area contributed by atoms with E-state index in [0.29, 0.717) is 6.61 Å². The van der Waals surface area contributed by atoms with E-state index in [0.717, 1.165) is 16.3 Å². The molecule has 0 fully saturated rings. The number of carbonyl (C=O) groups excluding carboxylic acids is 1. The molecular formula is C21H26O2. The maximum Gasteiger partial charge on any atom is 0.169 e. The molecule has 2 aromatic rings. The third kappa shape index (κ3) is 5.84. The van der Waals surface area contributed by atoms with Crippen molar-refractivity contribution in [3.8, 4) is 0 Å². The first-order valence-corrected chi connectivity index (χ1v) is 8.07. The van der Waals surface area contributed by atoms with E-state index in [2.05, 4.69) is 0 Å². The Morgan fingerprint density at radius 2 is 1.78 bits per heavy atom. The second kappa shape index (κ2) is 10.5. The smallest absolute Gasteiger partial charge is 0.169 e. The van der Waals surface area contributed by atoms with Gasteiger partial charge in [-0.15, -0.1) is 0 Å². The third-order valence-corrected chi connectivity index (χ3v) is 3.36. The molecule has 0 saturated carbocycles. The molecule has 1 unspecified atom stereocenters. The molecule has 0 bridgehead atoms. The number of Topliss-reactive ketones (excluding diaryl/α,β-unsaturated/α-hetero) is 1. The highest BCUT2D eigenvalue weighted by molar-refractivity contribution is 6.01. The van der Waals surface area contributed by atoms with Gasteiger partial charge in [0.2, 0.25) is 0 Å². The molecule has 23 heavy (non-hydrogen) atoms. The van der Waals surface area contributed by atoms with Gasteiger partial charge in [-0.2, -0.15) is 0 Å². The monoisotopic (exact) mass is 310 g/mol. The van der Waals surface area contributed by atoms with Crippen LogP contribution in [0.5, 0.6) is 0 Å². The Kier molecular flexibility index (Phi) is 8.63. The van der Waals surface area contributed by atoms with E-state index in [-0.39, 0.29) is 11.7 Å². The van der Waals surface area contributed by atoms with E-state index in [4.69, 9.17) is 4.74 Å². The fourth-order valence-electron chi connectivity index (χ4n) is 2.15. The van der Waals surface area contributed by atoms with Crippen LogP contribution in [-0.2, 0) is 4.74 Å². The molecule has 0 saturated heterocycles. The van der Waals surface area contributed by atoms with Crippen LogP contribution in [0.4, 0.5) is 0 Å². The first-order valence-electron chi connectivity index (χ1n) is 8.07. The summed E-state index contributed by atoms with van der Waals surface area (Å²) in [5, 5.41) is 2.25. The first-order chi connectivity index (χ1) is 11.2. The molecule has 122 valence electrons. The summed E-state index contributed by atoms with van der Waals surface area (Å²) < 4.78 is 4.92. The standard InChI is InChI=1S/C19H20O2.C2H6/c1-15(8-4-3-7-13-21-2)19(20)18-12-11-16-9-5-6-10-17(16)14-18;1-2/h3-12,14-15H,13H2,1-2H3;1-2H3/b7-3-,8-4-;. The zero-order chi connectivity index (χ0) is 17.1. The van der Waals surface area contributed by atoms with Crippen molar-refractivity contribution in [2.24, 2.45) is 5.92 Å². The van der Waals surface area contributed by atoms with Crippen LogP contribution in [-0.4, -0.2) is 19.5 Å².